The molecule has 5 aliphatic heterocycles. The van der Waals surface area contributed by atoms with Crippen molar-refractivity contribution in [2.45, 2.75) is 38.5 Å². The smallest absolute Gasteiger partial charge is 0.301 e. The van der Waals surface area contributed by atoms with Gasteiger partial charge in [-0.25, -0.2) is 0 Å². The first-order valence-corrected chi connectivity index (χ1v) is 11.3. The number of hydrogen-bond acceptors (Lipinski definition) is 7. The van der Waals surface area contributed by atoms with Crippen molar-refractivity contribution < 1.29 is 9.50 Å². The number of quaternary nitrogens is 1. The second-order valence-corrected chi connectivity index (χ2v) is 10.2. The molecule has 6 rings (SSSR count). The Bertz CT molecular complexity index is 1120. The van der Waals surface area contributed by atoms with E-state index in [0.717, 1.165) is 50.5 Å². The van der Waals surface area contributed by atoms with Gasteiger partial charge in [0.25, 0.3) is 5.96 Å². The Balaban J connectivity index is 1.28. The number of amides is 1. The van der Waals surface area contributed by atoms with E-state index in [2.05, 4.69) is 58.0 Å². The molecule has 9 heteroatoms. The van der Waals surface area contributed by atoms with Crippen molar-refractivity contribution in [2.75, 3.05) is 36.8 Å². The summed E-state index contributed by atoms with van der Waals surface area (Å²) in [5.41, 5.74) is 3.62. The van der Waals surface area contributed by atoms with Crippen LogP contribution in [0.3, 0.4) is 0 Å². The van der Waals surface area contributed by atoms with Crippen molar-refractivity contribution >= 4 is 35.3 Å². The number of aliphatic imine (C=N–C) groups is 2. The summed E-state index contributed by atoms with van der Waals surface area (Å²) in [5, 5.41) is 17.2. The lowest BCUT2D eigenvalue weighted by atomic mass is 9.78. The summed E-state index contributed by atoms with van der Waals surface area (Å²) in [5.74, 6) is 1.48. The molecule has 3 N–H and O–H groups in total. The SMILES string of the molecule is CC1(C)CCNc2cc(NC3=N[N+]4(N5CC[C@]6(CNC(=O)C6)C5)C=CN=CC4=N3)ccc21. The summed E-state index contributed by atoms with van der Waals surface area (Å²) in [6, 6.07) is 6.44. The summed E-state index contributed by atoms with van der Waals surface area (Å²) < 4.78 is 0.179. The molecule has 0 aromatic heterocycles. The standard InChI is InChI=1S/C23H28N8O/c1-22(2)5-7-25-18-11-16(3-4-17(18)22)27-21-28-19-13-24-8-10-31(19,29-21)30-9-6-23(15-30)12-20(32)26-14-23/h3-4,8,10-11,13,25H,5-7,9,12,14-15H2,1-2H3,(H-,26,27,29,32)/p+1/t23-,31?/m0/s1. The number of carbonyl (C=O) groups is 1. The molecule has 0 bridgehead atoms. The normalized spacial score (nSPS) is 32.2. The van der Waals surface area contributed by atoms with Crippen molar-refractivity contribution in [1.82, 2.24) is 10.3 Å². The second-order valence-electron chi connectivity index (χ2n) is 10.2. The molecule has 32 heavy (non-hydrogen) atoms. The van der Waals surface area contributed by atoms with Crippen molar-refractivity contribution in [2.24, 2.45) is 20.5 Å². The highest BCUT2D eigenvalue weighted by Crippen LogP contribution is 2.41. The molecule has 1 unspecified atom stereocenters. The minimum atomic E-state index is -0.0136. The lowest BCUT2D eigenvalue weighted by Gasteiger charge is -2.33. The number of nitrogens with zero attached hydrogens (tertiary/aromatic N) is 5. The Morgan fingerprint density at radius 1 is 1.22 bits per heavy atom. The third kappa shape index (κ3) is 2.99. The van der Waals surface area contributed by atoms with Crippen LogP contribution in [-0.2, 0) is 10.2 Å². The second kappa shape index (κ2) is 6.73. The third-order valence-corrected chi connectivity index (χ3v) is 7.47. The number of nitrogens with one attached hydrogen (secondary N) is 3. The number of fused-ring (bicyclic) bond motifs is 2. The molecule has 0 aliphatic carbocycles. The Hall–Kier alpha value is -3.04. The Morgan fingerprint density at radius 2 is 2.12 bits per heavy atom. The first kappa shape index (κ1) is 19.6. The monoisotopic (exact) mass is 433 g/mol. The molecule has 1 aromatic carbocycles. The van der Waals surface area contributed by atoms with E-state index in [-0.39, 0.29) is 21.4 Å². The van der Waals surface area contributed by atoms with E-state index in [4.69, 9.17) is 10.1 Å². The molecular weight excluding hydrogens is 404 g/mol. The van der Waals surface area contributed by atoms with Crippen LogP contribution >= 0.6 is 0 Å². The van der Waals surface area contributed by atoms with Gasteiger partial charge in [0.15, 0.2) is 6.20 Å². The van der Waals surface area contributed by atoms with Gasteiger partial charge in [0.2, 0.25) is 5.91 Å². The van der Waals surface area contributed by atoms with Crippen LogP contribution < -0.4 is 16.0 Å². The van der Waals surface area contributed by atoms with Gasteiger partial charge in [-0.05, 0) is 45.8 Å². The topological polar surface area (TPSA) is 93.5 Å². The molecule has 0 radical (unpaired) electrons. The van der Waals surface area contributed by atoms with Crippen LogP contribution in [-0.4, -0.2) is 59.8 Å². The van der Waals surface area contributed by atoms with Gasteiger partial charge >= 0.3 is 5.84 Å². The van der Waals surface area contributed by atoms with Crippen LogP contribution in [0.2, 0.25) is 0 Å². The third-order valence-electron chi connectivity index (χ3n) is 7.47. The van der Waals surface area contributed by atoms with E-state index in [9.17, 15) is 4.79 Å². The first-order chi connectivity index (χ1) is 15.4. The summed E-state index contributed by atoms with van der Waals surface area (Å²) in [6.45, 7) is 7.93. The molecule has 2 saturated heterocycles. The number of guanidine groups is 1. The average molecular weight is 434 g/mol. The first-order valence-electron chi connectivity index (χ1n) is 11.3. The summed E-state index contributed by atoms with van der Waals surface area (Å²) >= 11 is 0. The fourth-order valence-corrected chi connectivity index (χ4v) is 5.56. The molecule has 0 saturated carbocycles. The summed E-state index contributed by atoms with van der Waals surface area (Å²) in [4.78, 5) is 20.9. The maximum atomic E-state index is 11.9. The molecule has 9 nitrogen and oxygen atoms in total. The van der Waals surface area contributed by atoms with Gasteiger partial charge in [0.05, 0.1) is 19.3 Å². The van der Waals surface area contributed by atoms with Gasteiger partial charge in [0.1, 0.15) is 6.21 Å². The van der Waals surface area contributed by atoms with E-state index in [1.807, 2.05) is 6.20 Å². The zero-order valence-electron chi connectivity index (χ0n) is 18.6. The molecule has 1 aromatic rings. The molecule has 5 heterocycles. The number of rotatable bonds is 2. The lowest BCUT2D eigenvalue weighted by molar-refractivity contribution is -0.915. The zero-order chi connectivity index (χ0) is 22.0. The van der Waals surface area contributed by atoms with Crippen LogP contribution in [0.1, 0.15) is 38.7 Å². The number of amidine groups is 1. The Labute approximate surface area is 187 Å². The molecule has 1 amide bonds. The van der Waals surface area contributed by atoms with Crippen LogP contribution in [0.5, 0.6) is 0 Å². The maximum absolute atomic E-state index is 11.9. The van der Waals surface area contributed by atoms with E-state index < -0.39 is 0 Å². The number of hydrogen-bond donors (Lipinski definition) is 3. The highest BCUT2D eigenvalue weighted by molar-refractivity contribution is 6.30. The highest BCUT2D eigenvalue weighted by Gasteiger charge is 2.55. The van der Waals surface area contributed by atoms with E-state index in [1.165, 1.54) is 11.3 Å². The molecule has 166 valence electrons. The van der Waals surface area contributed by atoms with Gasteiger partial charge in [-0.1, -0.05) is 19.9 Å². The van der Waals surface area contributed by atoms with Gasteiger partial charge in [-0.3, -0.25) is 9.79 Å². The van der Waals surface area contributed by atoms with Crippen molar-refractivity contribution in [3.63, 3.8) is 0 Å². The average Bonchev–Trinajstić information content (AvgIpc) is 3.45. The summed E-state index contributed by atoms with van der Waals surface area (Å²) in [6.07, 6.45) is 8.19. The van der Waals surface area contributed by atoms with Crippen molar-refractivity contribution in [3.05, 3.63) is 36.2 Å². The van der Waals surface area contributed by atoms with Gasteiger partial charge in [-0.2, -0.15) is 0 Å². The maximum Gasteiger partial charge on any atom is 0.301 e. The number of benzene rings is 1. The van der Waals surface area contributed by atoms with Crippen LogP contribution in [0.15, 0.2) is 45.7 Å². The van der Waals surface area contributed by atoms with E-state index in [1.54, 1.807) is 12.4 Å². The predicted octanol–water partition coefficient (Wildman–Crippen LogP) is 2.37. The van der Waals surface area contributed by atoms with Crippen LogP contribution in [0, 0.1) is 5.41 Å². The van der Waals surface area contributed by atoms with Crippen molar-refractivity contribution in [1.29, 1.82) is 0 Å². The lowest BCUT2D eigenvalue weighted by Crippen LogP contribution is -2.56. The molecular formula is C23H29N8O+. The Morgan fingerprint density at radius 3 is 2.97 bits per heavy atom. The minimum Gasteiger partial charge on any atom is -0.385 e. The van der Waals surface area contributed by atoms with E-state index in [0.29, 0.717) is 12.4 Å². The minimum absolute atomic E-state index is 0.0136. The van der Waals surface area contributed by atoms with Crippen molar-refractivity contribution in [3.8, 4) is 0 Å². The predicted molar refractivity (Wildman–Crippen MR) is 125 cm³/mol. The van der Waals surface area contributed by atoms with Gasteiger partial charge < -0.3 is 16.0 Å². The largest absolute Gasteiger partial charge is 0.385 e. The molecule has 2 atom stereocenters. The quantitative estimate of drug-likeness (QED) is 0.625. The zero-order valence-corrected chi connectivity index (χ0v) is 18.6. The van der Waals surface area contributed by atoms with E-state index >= 15 is 0 Å². The molecule has 2 fully saturated rings. The highest BCUT2D eigenvalue weighted by atomic mass is 16.2. The summed E-state index contributed by atoms with van der Waals surface area (Å²) in [7, 11) is 0. The number of anilines is 2. The Kier molecular flexibility index (Phi) is 4.13. The molecule has 5 aliphatic rings. The fraction of sp³-hybridized carbons (Fsp3) is 0.478. The fourth-order valence-electron chi connectivity index (χ4n) is 5.56. The van der Waals surface area contributed by atoms with Gasteiger partial charge in [0, 0.05) is 36.3 Å². The van der Waals surface area contributed by atoms with Crippen LogP contribution in [0.4, 0.5) is 11.4 Å². The van der Waals surface area contributed by atoms with Crippen LogP contribution in [0.25, 0.3) is 0 Å². The molecule has 1 spiro atoms. The number of carbonyl (C=O) groups excluding carboxylic acids is 1. The van der Waals surface area contributed by atoms with Gasteiger partial charge in [-0.15, -0.1) is 10.0 Å².